The molecule has 184 valence electrons. The molecule has 9 heteroatoms. The SMILES string of the molecule is Cc1ccccc1C1c2sc(=O)[nH]c2SC2C3CC(C4C(=O)N(C(CC(C)C)C(=O)O)C(=O)C34)C12. The van der Waals surface area contributed by atoms with Gasteiger partial charge >= 0.3 is 10.8 Å². The number of hydrogen-bond acceptors (Lipinski definition) is 6. The molecule has 4 aliphatic rings. The van der Waals surface area contributed by atoms with Crippen molar-refractivity contribution in [1.82, 2.24) is 9.88 Å². The summed E-state index contributed by atoms with van der Waals surface area (Å²) in [4.78, 5) is 56.9. The minimum absolute atomic E-state index is 0.00184. The highest BCUT2D eigenvalue weighted by Gasteiger charge is 2.70. The fraction of sp³-hybridized carbons (Fsp3) is 0.538. The number of benzene rings is 1. The smallest absolute Gasteiger partial charge is 0.326 e. The third-order valence-electron chi connectivity index (χ3n) is 8.57. The number of aromatic nitrogens is 1. The fourth-order valence-corrected chi connectivity index (χ4v) is 10.3. The Kier molecular flexibility index (Phi) is 5.31. The van der Waals surface area contributed by atoms with E-state index in [4.69, 9.17) is 0 Å². The Morgan fingerprint density at radius 3 is 2.49 bits per heavy atom. The molecule has 6 rings (SSSR count). The highest BCUT2D eigenvalue weighted by Crippen LogP contribution is 2.68. The molecule has 2 aliphatic heterocycles. The normalized spacial score (nSPS) is 33.7. The van der Waals surface area contributed by atoms with Gasteiger partial charge in [-0.3, -0.25) is 19.3 Å². The molecule has 2 aliphatic carbocycles. The number of hydrogen-bond donors (Lipinski definition) is 2. The lowest BCUT2D eigenvalue weighted by molar-refractivity contribution is -0.156. The summed E-state index contributed by atoms with van der Waals surface area (Å²) in [5, 5.41) is 10.9. The number of carboxylic acids is 1. The van der Waals surface area contributed by atoms with Gasteiger partial charge in [-0.25, -0.2) is 4.79 Å². The molecular weight excluding hydrogens is 484 g/mol. The predicted octanol–water partition coefficient (Wildman–Crippen LogP) is 3.72. The summed E-state index contributed by atoms with van der Waals surface area (Å²) in [5.74, 6) is -2.51. The van der Waals surface area contributed by atoms with Gasteiger partial charge in [-0.15, -0.1) is 11.8 Å². The van der Waals surface area contributed by atoms with Gasteiger partial charge in [-0.05, 0) is 54.6 Å². The lowest BCUT2D eigenvalue weighted by Crippen LogP contribution is -2.47. The minimum Gasteiger partial charge on any atom is -0.480 e. The van der Waals surface area contributed by atoms with Crippen LogP contribution in [0.25, 0.3) is 0 Å². The molecule has 7 nitrogen and oxygen atoms in total. The van der Waals surface area contributed by atoms with E-state index in [0.29, 0.717) is 0 Å². The number of thiazole rings is 1. The van der Waals surface area contributed by atoms with Crippen molar-refractivity contribution in [2.24, 2.45) is 35.5 Å². The average molecular weight is 513 g/mol. The van der Waals surface area contributed by atoms with E-state index in [1.54, 1.807) is 11.8 Å². The zero-order valence-electron chi connectivity index (χ0n) is 19.8. The van der Waals surface area contributed by atoms with Crippen molar-refractivity contribution in [3.8, 4) is 0 Å². The zero-order valence-corrected chi connectivity index (χ0v) is 21.4. The second-order valence-corrected chi connectivity index (χ2v) is 13.1. The highest BCUT2D eigenvalue weighted by atomic mass is 32.2. The maximum Gasteiger partial charge on any atom is 0.326 e. The van der Waals surface area contributed by atoms with Crippen LogP contribution in [0.15, 0.2) is 34.1 Å². The average Bonchev–Trinajstić information content (AvgIpc) is 3.52. The summed E-state index contributed by atoms with van der Waals surface area (Å²) in [5.41, 5.74) is 2.31. The van der Waals surface area contributed by atoms with Crippen LogP contribution in [-0.4, -0.2) is 44.1 Å². The van der Waals surface area contributed by atoms with E-state index in [0.717, 1.165) is 26.8 Å². The Morgan fingerprint density at radius 2 is 1.83 bits per heavy atom. The molecule has 8 unspecified atom stereocenters. The first kappa shape index (κ1) is 23.0. The van der Waals surface area contributed by atoms with Gasteiger partial charge < -0.3 is 10.1 Å². The number of amides is 2. The monoisotopic (exact) mass is 512 g/mol. The number of rotatable bonds is 5. The van der Waals surface area contributed by atoms with E-state index in [-0.39, 0.29) is 57.9 Å². The summed E-state index contributed by atoms with van der Waals surface area (Å²) in [7, 11) is 0. The van der Waals surface area contributed by atoms with E-state index < -0.39 is 23.8 Å². The lowest BCUT2D eigenvalue weighted by atomic mass is 9.67. The standard InChI is InChI=1S/C26H28N2O5S2/c1-10(2)8-15(25(31)32)28-23(29)18-13-9-14(19(18)24(28)30)20-17(13)16(12-7-5-4-6-11(12)3)21-22(34-20)27-26(33)35-21/h4-7,10,13-20H,8-9H2,1-3H3,(H,27,33)(H,31,32). The van der Waals surface area contributed by atoms with Crippen molar-refractivity contribution in [3.05, 3.63) is 49.9 Å². The van der Waals surface area contributed by atoms with Crippen LogP contribution in [0.3, 0.4) is 0 Å². The molecule has 2 N–H and O–H groups in total. The second-order valence-electron chi connectivity index (χ2n) is 10.8. The summed E-state index contributed by atoms with van der Waals surface area (Å²) >= 11 is 2.90. The number of thioether (sulfide) groups is 1. The lowest BCUT2D eigenvalue weighted by Gasteiger charge is -2.43. The van der Waals surface area contributed by atoms with Crippen molar-refractivity contribution in [2.75, 3.05) is 0 Å². The van der Waals surface area contributed by atoms with E-state index in [9.17, 15) is 24.3 Å². The number of aryl methyl sites for hydroxylation is 1. The number of aromatic amines is 1. The van der Waals surface area contributed by atoms with Crippen LogP contribution in [0.5, 0.6) is 0 Å². The van der Waals surface area contributed by atoms with E-state index >= 15 is 0 Å². The van der Waals surface area contributed by atoms with E-state index in [1.807, 2.05) is 26.0 Å². The highest BCUT2D eigenvalue weighted by molar-refractivity contribution is 8.00. The first-order chi connectivity index (χ1) is 16.7. The van der Waals surface area contributed by atoms with Crippen LogP contribution < -0.4 is 4.87 Å². The number of aliphatic carboxylic acids is 1. The number of carboxylic acid groups (broad SMARTS) is 1. The summed E-state index contributed by atoms with van der Waals surface area (Å²) in [6, 6.07) is 7.09. The van der Waals surface area contributed by atoms with Gasteiger partial charge in [0.25, 0.3) is 0 Å². The molecule has 35 heavy (non-hydrogen) atoms. The van der Waals surface area contributed by atoms with E-state index in [2.05, 4.69) is 24.0 Å². The summed E-state index contributed by atoms with van der Waals surface area (Å²) < 4.78 is 0. The Labute approximate surface area is 211 Å². The third kappa shape index (κ3) is 3.23. The second kappa shape index (κ2) is 8.06. The van der Waals surface area contributed by atoms with Crippen molar-refractivity contribution < 1.29 is 19.5 Å². The van der Waals surface area contributed by atoms with Gasteiger partial charge in [-0.1, -0.05) is 49.4 Å². The number of imide groups is 1. The zero-order chi connectivity index (χ0) is 24.8. The summed E-state index contributed by atoms with van der Waals surface area (Å²) in [6.45, 7) is 5.89. The number of fused-ring (bicyclic) bond motifs is 9. The third-order valence-corrected chi connectivity index (χ3v) is 11.2. The van der Waals surface area contributed by atoms with Gasteiger partial charge in [-0.2, -0.15) is 0 Å². The van der Waals surface area contributed by atoms with Crippen LogP contribution in [0.1, 0.15) is 48.6 Å². The Bertz CT molecular complexity index is 1300. The van der Waals surface area contributed by atoms with Gasteiger partial charge in [0.1, 0.15) is 6.04 Å². The molecule has 1 aromatic heterocycles. The number of carbonyl (C=O) groups excluding carboxylic acids is 2. The van der Waals surface area contributed by atoms with Crippen LogP contribution in [-0.2, 0) is 14.4 Å². The summed E-state index contributed by atoms with van der Waals surface area (Å²) in [6.07, 6.45) is 1.06. The number of nitrogens with one attached hydrogen (secondary N) is 1. The van der Waals surface area contributed by atoms with Crippen LogP contribution in [0, 0.1) is 42.4 Å². The first-order valence-corrected chi connectivity index (χ1v) is 13.9. The van der Waals surface area contributed by atoms with Crippen LogP contribution >= 0.6 is 23.1 Å². The maximum absolute atomic E-state index is 13.7. The predicted molar refractivity (Wildman–Crippen MR) is 132 cm³/mol. The molecule has 1 saturated heterocycles. The quantitative estimate of drug-likeness (QED) is 0.592. The number of likely N-dealkylation sites (tertiary alicyclic amines) is 1. The fourth-order valence-electron chi connectivity index (χ4n) is 7.39. The van der Waals surface area contributed by atoms with Gasteiger partial charge in [0.15, 0.2) is 0 Å². The van der Waals surface area contributed by atoms with Crippen LogP contribution in [0.4, 0.5) is 0 Å². The van der Waals surface area contributed by atoms with Gasteiger partial charge in [0.05, 0.1) is 16.9 Å². The molecule has 8 atom stereocenters. The van der Waals surface area contributed by atoms with Crippen molar-refractivity contribution in [1.29, 1.82) is 0 Å². The Balaban J connectivity index is 1.43. The number of carbonyl (C=O) groups is 3. The molecular formula is C26H28N2O5S2. The van der Waals surface area contributed by atoms with E-state index in [1.165, 1.54) is 16.9 Å². The molecule has 0 radical (unpaired) electrons. The molecule has 2 amide bonds. The van der Waals surface area contributed by atoms with Crippen LogP contribution in [0.2, 0.25) is 0 Å². The maximum atomic E-state index is 13.7. The minimum atomic E-state index is -1.11. The Hall–Kier alpha value is -2.39. The molecule has 3 fully saturated rings. The van der Waals surface area contributed by atoms with Gasteiger partial charge in [0, 0.05) is 16.0 Å². The molecule has 2 aromatic rings. The first-order valence-electron chi connectivity index (χ1n) is 12.2. The largest absolute Gasteiger partial charge is 0.480 e. The van der Waals surface area contributed by atoms with Crippen molar-refractivity contribution in [3.63, 3.8) is 0 Å². The Morgan fingerprint density at radius 1 is 1.14 bits per heavy atom. The van der Waals surface area contributed by atoms with Crippen molar-refractivity contribution >= 4 is 40.9 Å². The molecule has 1 aromatic carbocycles. The van der Waals surface area contributed by atoms with Crippen molar-refractivity contribution in [2.45, 2.75) is 55.8 Å². The molecule has 0 spiro atoms. The molecule has 3 heterocycles. The molecule has 2 bridgehead atoms. The van der Waals surface area contributed by atoms with Gasteiger partial charge in [0.2, 0.25) is 11.8 Å². The number of nitrogens with zero attached hydrogens (tertiary/aromatic N) is 1. The molecule has 2 saturated carbocycles. The number of H-pyrrole nitrogens is 1. The topological polar surface area (TPSA) is 108 Å².